The van der Waals surface area contributed by atoms with Crippen LogP contribution < -0.4 is 5.32 Å². The van der Waals surface area contributed by atoms with Crippen LogP contribution in [0, 0.1) is 0 Å². The molecule has 4 nitrogen and oxygen atoms in total. The number of nitrogens with one attached hydrogen (secondary N) is 1. The molecule has 1 aliphatic heterocycles. The van der Waals surface area contributed by atoms with Crippen LogP contribution in [-0.4, -0.2) is 23.5 Å². The highest BCUT2D eigenvalue weighted by atomic mass is 79.9. The zero-order valence-electron chi connectivity index (χ0n) is 14.9. The molecule has 136 valence electrons. The van der Waals surface area contributed by atoms with E-state index in [1.54, 1.807) is 19.1 Å². The highest BCUT2D eigenvalue weighted by Gasteiger charge is 2.42. The summed E-state index contributed by atoms with van der Waals surface area (Å²) in [6, 6.07) is 15.4. The second-order valence-electron chi connectivity index (χ2n) is 6.99. The van der Waals surface area contributed by atoms with Gasteiger partial charge in [-0.1, -0.05) is 46.3 Å². The number of rotatable bonds is 5. The lowest BCUT2D eigenvalue weighted by Crippen LogP contribution is -2.53. The SMILES string of the molecule is CC(CCc1ccc(Br)cc1)NC(=O)C1(C)Cc2ccccc2C(=O)O1. The zero-order chi connectivity index (χ0) is 18.7. The fourth-order valence-corrected chi connectivity index (χ4v) is 3.41. The van der Waals surface area contributed by atoms with Crippen molar-refractivity contribution in [3.63, 3.8) is 0 Å². The molecule has 1 heterocycles. The monoisotopic (exact) mass is 415 g/mol. The van der Waals surface area contributed by atoms with Crippen molar-refractivity contribution in [1.82, 2.24) is 5.32 Å². The first-order valence-electron chi connectivity index (χ1n) is 8.74. The maximum Gasteiger partial charge on any atom is 0.339 e. The molecule has 2 atom stereocenters. The van der Waals surface area contributed by atoms with Gasteiger partial charge in [0, 0.05) is 16.9 Å². The van der Waals surface area contributed by atoms with Gasteiger partial charge in [0.1, 0.15) is 0 Å². The highest BCUT2D eigenvalue weighted by molar-refractivity contribution is 9.10. The quantitative estimate of drug-likeness (QED) is 0.749. The number of cyclic esters (lactones) is 1. The summed E-state index contributed by atoms with van der Waals surface area (Å²) < 4.78 is 6.53. The minimum absolute atomic E-state index is 0.0150. The molecule has 0 bridgehead atoms. The van der Waals surface area contributed by atoms with Gasteiger partial charge >= 0.3 is 5.97 Å². The largest absolute Gasteiger partial charge is 0.445 e. The molecule has 1 N–H and O–H groups in total. The average Bonchev–Trinajstić information content (AvgIpc) is 2.61. The predicted octanol–water partition coefficient (Wildman–Crippen LogP) is 4.06. The minimum Gasteiger partial charge on any atom is -0.445 e. The lowest BCUT2D eigenvalue weighted by molar-refractivity contribution is -0.140. The van der Waals surface area contributed by atoms with Crippen LogP contribution >= 0.6 is 15.9 Å². The molecule has 2 aromatic rings. The number of fused-ring (bicyclic) bond motifs is 1. The summed E-state index contributed by atoms with van der Waals surface area (Å²) in [5, 5.41) is 3.00. The molecular formula is C21H22BrNO3. The van der Waals surface area contributed by atoms with E-state index in [2.05, 4.69) is 33.4 Å². The van der Waals surface area contributed by atoms with Crippen LogP contribution in [0.2, 0.25) is 0 Å². The van der Waals surface area contributed by atoms with E-state index >= 15 is 0 Å². The lowest BCUT2D eigenvalue weighted by Gasteiger charge is -2.34. The molecule has 0 saturated heterocycles. The standard InChI is InChI=1S/C21H22BrNO3/c1-14(7-8-15-9-11-17(22)12-10-15)23-20(25)21(2)13-16-5-3-4-6-18(16)19(24)26-21/h3-6,9-12,14H,7-8,13H2,1-2H3,(H,23,25). The summed E-state index contributed by atoms with van der Waals surface area (Å²) in [5.74, 6) is -0.685. The number of esters is 1. The smallest absolute Gasteiger partial charge is 0.339 e. The van der Waals surface area contributed by atoms with E-state index in [0.29, 0.717) is 12.0 Å². The molecule has 3 rings (SSSR count). The number of hydrogen-bond acceptors (Lipinski definition) is 3. The topological polar surface area (TPSA) is 55.4 Å². The van der Waals surface area contributed by atoms with Crippen molar-refractivity contribution in [2.75, 3.05) is 0 Å². The van der Waals surface area contributed by atoms with Crippen molar-refractivity contribution < 1.29 is 14.3 Å². The number of ether oxygens (including phenoxy) is 1. The molecule has 1 aliphatic rings. The minimum atomic E-state index is -1.17. The highest BCUT2D eigenvalue weighted by Crippen LogP contribution is 2.28. The van der Waals surface area contributed by atoms with Gasteiger partial charge in [-0.3, -0.25) is 4.79 Å². The van der Waals surface area contributed by atoms with Gasteiger partial charge in [-0.05, 0) is 56.0 Å². The molecule has 1 amide bonds. The molecule has 0 aromatic heterocycles. The van der Waals surface area contributed by atoms with E-state index in [0.717, 1.165) is 22.9 Å². The normalized spacial score (nSPS) is 20.0. The molecule has 0 saturated carbocycles. The van der Waals surface area contributed by atoms with Gasteiger partial charge in [-0.2, -0.15) is 0 Å². The average molecular weight is 416 g/mol. The van der Waals surface area contributed by atoms with Crippen molar-refractivity contribution in [1.29, 1.82) is 0 Å². The molecule has 5 heteroatoms. The lowest BCUT2D eigenvalue weighted by atomic mass is 9.89. The number of carbonyl (C=O) groups excluding carboxylic acids is 2. The number of benzene rings is 2. The molecule has 2 unspecified atom stereocenters. The van der Waals surface area contributed by atoms with E-state index in [1.807, 2.05) is 31.2 Å². The van der Waals surface area contributed by atoms with E-state index in [-0.39, 0.29) is 11.9 Å². The van der Waals surface area contributed by atoms with Crippen LogP contribution in [0.3, 0.4) is 0 Å². The summed E-state index contributed by atoms with van der Waals surface area (Å²) in [7, 11) is 0. The van der Waals surface area contributed by atoms with E-state index in [9.17, 15) is 9.59 Å². The molecule has 2 aromatic carbocycles. The number of carbonyl (C=O) groups is 2. The Morgan fingerprint density at radius 3 is 2.65 bits per heavy atom. The van der Waals surface area contributed by atoms with Crippen LogP contribution in [-0.2, 0) is 22.4 Å². The van der Waals surface area contributed by atoms with Crippen molar-refractivity contribution in [2.24, 2.45) is 0 Å². The van der Waals surface area contributed by atoms with Gasteiger partial charge in [0.25, 0.3) is 5.91 Å². The Balaban J connectivity index is 1.60. The Kier molecular flexibility index (Phi) is 5.47. The van der Waals surface area contributed by atoms with Crippen LogP contribution in [0.25, 0.3) is 0 Å². The Morgan fingerprint density at radius 2 is 1.92 bits per heavy atom. The summed E-state index contributed by atoms with van der Waals surface area (Å²) in [4.78, 5) is 25.0. The third-order valence-corrected chi connectivity index (χ3v) is 5.25. The predicted molar refractivity (Wildman–Crippen MR) is 104 cm³/mol. The van der Waals surface area contributed by atoms with Crippen molar-refractivity contribution in [3.8, 4) is 0 Å². The van der Waals surface area contributed by atoms with Crippen LogP contribution in [0.15, 0.2) is 53.0 Å². The summed E-state index contributed by atoms with van der Waals surface area (Å²) in [6.07, 6.45) is 2.07. The van der Waals surface area contributed by atoms with E-state index in [1.165, 1.54) is 5.56 Å². The maximum absolute atomic E-state index is 12.7. The van der Waals surface area contributed by atoms with Gasteiger partial charge in [0.15, 0.2) is 5.60 Å². The van der Waals surface area contributed by atoms with Crippen molar-refractivity contribution in [2.45, 2.75) is 44.8 Å². The second-order valence-corrected chi connectivity index (χ2v) is 7.91. The second kappa shape index (κ2) is 7.62. The van der Waals surface area contributed by atoms with Gasteiger partial charge in [-0.15, -0.1) is 0 Å². The summed E-state index contributed by atoms with van der Waals surface area (Å²) in [5.41, 5.74) is 1.45. The first-order valence-corrected chi connectivity index (χ1v) is 9.53. The van der Waals surface area contributed by atoms with Gasteiger partial charge in [0.2, 0.25) is 0 Å². The first-order chi connectivity index (χ1) is 12.4. The molecule has 0 radical (unpaired) electrons. The van der Waals surface area contributed by atoms with Crippen molar-refractivity contribution >= 4 is 27.8 Å². The van der Waals surface area contributed by atoms with E-state index in [4.69, 9.17) is 4.74 Å². The Morgan fingerprint density at radius 1 is 1.23 bits per heavy atom. The summed E-state index contributed by atoms with van der Waals surface area (Å²) >= 11 is 3.43. The summed E-state index contributed by atoms with van der Waals surface area (Å²) in [6.45, 7) is 3.65. The Hall–Kier alpha value is -2.14. The number of amides is 1. The van der Waals surface area contributed by atoms with Crippen molar-refractivity contribution in [3.05, 3.63) is 69.7 Å². The maximum atomic E-state index is 12.7. The third kappa shape index (κ3) is 4.15. The fourth-order valence-electron chi connectivity index (χ4n) is 3.14. The molecule has 0 fully saturated rings. The Bertz CT molecular complexity index is 818. The van der Waals surface area contributed by atoms with Gasteiger partial charge < -0.3 is 10.1 Å². The first kappa shape index (κ1) is 18.6. The molecular weight excluding hydrogens is 394 g/mol. The number of hydrogen-bond donors (Lipinski definition) is 1. The fraction of sp³-hybridized carbons (Fsp3) is 0.333. The third-order valence-electron chi connectivity index (χ3n) is 4.72. The zero-order valence-corrected chi connectivity index (χ0v) is 16.5. The molecule has 0 aliphatic carbocycles. The van der Waals surface area contributed by atoms with E-state index < -0.39 is 11.6 Å². The van der Waals surface area contributed by atoms with Gasteiger partial charge in [-0.25, -0.2) is 4.79 Å². The van der Waals surface area contributed by atoms with Crippen LogP contribution in [0.1, 0.15) is 41.8 Å². The Labute approximate surface area is 162 Å². The molecule has 26 heavy (non-hydrogen) atoms. The van der Waals surface area contributed by atoms with Gasteiger partial charge in [0.05, 0.1) is 5.56 Å². The van der Waals surface area contributed by atoms with Crippen LogP contribution in [0.5, 0.6) is 0 Å². The van der Waals surface area contributed by atoms with Crippen LogP contribution in [0.4, 0.5) is 0 Å². The molecule has 0 spiro atoms. The number of halogens is 1. The number of aryl methyl sites for hydroxylation is 1.